The number of hydrogen-bond donors (Lipinski definition) is 0. The molecule has 0 nitrogen and oxygen atoms in total. The molecule has 0 spiro atoms. The van der Waals surface area contributed by atoms with Crippen LogP contribution < -0.4 is 0 Å². The maximum absolute atomic E-state index is 7.07. The number of hydrogen-bond acceptors (Lipinski definition) is 0. The van der Waals surface area contributed by atoms with E-state index in [4.69, 9.17) is 0.879 Å². The molecular weight excluding hydrogens is 444 g/mol. The molecule has 0 fully saturated rings. The van der Waals surface area contributed by atoms with Crippen LogP contribution in [0.15, 0.2) is 0 Å². The molecule has 0 aromatic rings. The van der Waals surface area contributed by atoms with Gasteiger partial charge in [0.05, 0.1) is 0 Å². The first-order valence-corrected chi connectivity index (χ1v) is 14.0. The van der Waals surface area contributed by atoms with Gasteiger partial charge in [-0.15, -0.1) is 0 Å². The average Bonchev–Trinajstić information content (AvgIpc) is 0.722. The summed E-state index contributed by atoms with van der Waals surface area (Å²) in [6.07, 6.45) is 0. The fraction of sp³-hybridized carbons (Fsp3) is 0. The second kappa shape index (κ2) is 6.77. The van der Waals surface area contributed by atoms with Crippen LogP contribution in [-0.2, 0) is 4.77 Å². The molecule has 4 heteroatoms. The van der Waals surface area contributed by atoms with Crippen LogP contribution in [0.5, 0.6) is 0 Å². The fourth-order valence-corrected chi connectivity index (χ4v) is 0. The summed E-state index contributed by atoms with van der Waals surface area (Å²) in [5.41, 5.74) is 0. The van der Waals surface area contributed by atoms with E-state index in [-0.39, 0.29) is 7.43 Å². The van der Waals surface area contributed by atoms with Gasteiger partial charge in [-0.3, -0.25) is 0 Å². The number of rotatable bonds is 0. The van der Waals surface area contributed by atoms with Crippen molar-refractivity contribution in [3.8, 4) is 0 Å². The van der Waals surface area contributed by atoms with Crippen molar-refractivity contribution in [2.45, 2.75) is 0 Å². The van der Waals surface area contributed by atoms with Crippen LogP contribution >= 0.6 is 59.9 Å². The topological polar surface area (TPSA) is 0 Å². The van der Waals surface area contributed by atoms with Gasteiger partial charge >= 0.3 is 65.6 Å². The minimum Gasteiger partial charge on any atom is -0.358 e. The molecule has 0 aromatic carbocycles. The quantitative estimate of drug-likeness (QED) is 0.395. The van der Waals surface area contributed by atoms with E-state index in [0.717, 1.165) is 0 Å². The van der Waals surface area contributed by atoms with Gasteiger partial charge in [-0.25, -0.2) is 0 Å². The van der Waals surface area contributed by atoms with Crippen molar-refractivity contribution in [2.24, 2.45) is 0 Å². The molecule has 0 saturated heterocycles. The Bertz CT molecular complexity index is 26.3. The Morgan fingerprint density at radius 2 is 1.40 bits per heavy atom. The molecule has 0 radical (unpaired) electrons. The van der Waals surface area contributed by atoms with Gasteiger partial charge in [0.25, 0.3) is 0 Å². The summed E-state index contributed by atoms with van der Waals surface area (Å²) in [5, 5.41) is 0. The van der Waals surface area contributed by atoms with E-state index in [2.05, 4.69) is 59.9 Å². The molecule has 5 heavy (non-hydrogen) atoms. The third-order valence-corrected chi connectivity index (χ3v) is 0. The minimum absolute atomic E-state index is 0. The van der Waals surface area contributed by atoms with Crippen molar-refractivity contribution in [3.63, 3.8) is 0 Å². The van der Waals surface area contributed by atoms with Crippen LogP contribution in [0.2, 0.25) is 0 Å². The molecule has 0 aliphatic heterocycles. The summed E-state index contributed by atoms with van der Waals surface area (Å²) in [6.45, 7) is 0. The van der Waals surface area contributed by atoms with Gasteiger partial charge in [0.1, 0.15) is 0 Å². The van der Waals surface area contributed by atoms with Crippen molar-refractivity contribution < 1.29 is 4.77 Å². The van der Waals surface area contributed by atoms with E-state index >= 15 is 0 Å². The van der Waals surface area contributed by atoms with E-state index in [1.165, 1.54) is 0 Å². The molecule has 0 atom stereocenters. The van der Waals surface area contributed by atoms with Gasteiger partial charge in [-0.2, -0.15) is 0 Å². The van der Waals surface area contributed by atoms with Crippen LogP contribution in [-0.4, -0.2) is 0.879 Å². The number of halogens is 3. The van der Waals surface area contributed by atoms with E-state index < -0.39 is 4.77 Å². The molecule has 0 amide bonds. The SMILES string of the molecule is [2H][V]([I])([I])[I].[CH3-]. The summed E-state index contributed by atoms with van der Waals surface area (Å²) in [4.78, 5) is 0. The second-order valence-corrected chi connectivity index (χ2v) is 35.6. The minimum atomic E-state index is -1.72. The molecule has 0 saturated carbocycles. The Balaban J connectivity index is 0. The average molecular weight is 449 g/mol. The Kier molecular flexibility index (Phi) is 10.5. The van der Waals surface area contributed by atoms with E-state index in [1.54, 1.807) is 0 Å². The monoisotopic (exact) mass is 449 g/mol. The Morgan fingerprint density at radius 1 is 1.40 bits per heavy atom. The molecule has 35 valence electrons. The van der Waals surface area contributed by atoms with Crippen molar-refractivity contribution in [2.75, 3.05) is 0 Å². The van der Waals surface area contributed by atoms with Gasteiger partial charge in [-0.05, 0) is 0 Å². The fourth-order valence-electron chi connectivity index (χ4n) is 0. The molecule has 0 rings (SSSR count). The van der Waals surface area contributed by atoms with Crippen molar-refractivity contribution in [1.82, 2.24) is 0 Å². The van der Waals surface area contributed by atoms with Crippen LogP contribution in [0.4, 0.5) is 0 Å². The normalized spacial score (nSPS) is 12.2. The third kappa shape index (κ3) is 20.1. The smallest absolute Gasteiger partial charge is 0.358 e. The maximum atomic E-state index is 7.07. The molecular formula is CH4I3V-. The van der Waals surface area contributed by atoms with Crippen molar-refractivity contribution in [3.05, 3.63) is 7.43 Å². The summed E-state index contributed by atoms with van der Waals surface area (Å²) >= 11 is 6.57. The van der Waals surface area contributed by atoms with Crippen LogP contribution in [0.25, 0.3) is 0 Å². The standard InChI is InChI=1S/CH3.3HI.V.H/h1H3;3*1H;;/q-1;;;;+3;/p-3/i;;;;;1+1. The molecule has 0 aliphatic carbocycles. The van der Waals surface area contributed by atoms with Crippen molar-refractivity contribution in [1.29, 1.82) is 0.879 Å². The van der Waals surface area contributed by atoms with Gasteiger partial charge in [0, 0.05) is 0 Å². The molecule has 0 bridgehead atoms. The first kappa shape index (κ1) is 7.77. The zero-order valence-electron chi connectivity index (χ0n) is 3.58. The molecule has 0 aromatic heterocycles. The first-order chi connectivity index (χ1) is 2.00. The van der Waals surface area contributed by atoms with E-state index in [1.807, 2.05) is 0 Å². The van der Waals surface area contributed by atoms with Crippen LogP contribution in [0.3, 0.4) is 0 Å². The predicted octanol–water partition coefficient (Wildman–Crippen LogP) is 2.84. The van der Waals surface area contributed by atoms with Gasteiger partial charge in [0.15, 0.2) is 0 Å². The van der Waals surface area contributed by atoms with Crippen LogP contribution in [0.1, 0.15) is 0 Å². The summed E-state index contributed by atoms with van der Waals surface area (Å²) < 4.78 is 5.35. The largest absolute Gasteiger partial charge is 0.358 e. The molecule has 0 heterocycles. The second-order valence-electron chi connectivity index (χ2n) is 0.192. The predicted molar refractivity (Wildman–Crippen MR) is 49.9 cm³/mol. The van der Waals surface area contributed by atoms with E-state index in [9.17, 15) is 0 Å². The Labute approximate surface area is 71.3 Å². The third-order valence-electron chi connectivity index (χ3n) is 0. The first-order valence-electron chi connectivity index (χ1n) is 0.954. The molecule has 0 N–H and O–H groups in total. The van der Waals surface area contributed by atoms with Gasteiger partial charge in [0.2, 0.25) is 0 Å². The molecule has 0 unspecified atom stereocenters. The van der Waals surface area contributed by atoms with Gasteiger partial charge in [-0.1, -0.05) is 0 Å². The van der Waals surface area contributed by atoms with E-state index in [0.29, 0.717) is 0 Å². The Morgan fingerprint density at radius 3 is 1.40 bits per heavy atom. The zero-order valence-corrected chi connectivity index (χ0v) is 10.5. The Hall–Kier alpha value is 2.77. The van der Waals surface area contributed by atoms with Crippen LogP contribution in [0, 0.1) is 7.43 Å². The van der Waals surface area contributed by atoms with Gasteiger partial charge < -0.3 is 7.43 Å². The zero-order chi connectivity index (χ0) is 4.50. The maximum Gasteiger partial charge on any atom is -0.358 e. The summed E-state index contributed by atoms with van der Waals surface area (Å²) in [7, 11) is 0. The van der Waals surface area contributed by atoms with Crippen molar-refractivity contribution >= 4 is 59.9 Å². The summed E-state index contributed by atoms with van der Waals surface area (Å²) in [5.74, 6) is 0. The molecule has 0 aliphatic rings. The summed E-state index contributed by atoms with van der Waals surface area (Å²) in [6, 6.07) is 0.